The first-order valence-corrected chi connectivity index (χ1v) is 4.10. The summed E-state index contributed by atoms with van der Waals surface area (Å²) in [6, 6.07) is 0. The molecule has 0 atom stereocenters. The molecular formula is C10H15FO. The maximum absolute atomic E-state index is 12.5. The van der Waals surface area contributed by atoms with Crippen LogP contribution in [0.4, 0.5) is 4.39 Å². The minimum Gasteiger partial charge on any atom is -0.497 e. The summed E-state index contributed by atoms with van der Waals surface area (Å²) in [5.74, 6) is 0.552. The Hall–Kier alpha value is -1.05. The molecule has 1 aliphatic carbocycles. The third-order valence-corrected chi connectivity index (χ3v) is 1.26. The SMILES string of the molecule is CC.COC1=CC=C(F)CC=C1. The number of ether oxygens (including phenoxy) is 1. The van der Waals surface area contributed by atoms with Gasteiger partial charge in [0.15, 0.2) is 0 Å². The standard InChI is InChI=1S/C8H9FO.C2H6/c1-10-8-4-2-3-7(9)5-6-8;1-2/h2,4-6H,3H2,1H3;1-2H3. The van der Waals surface area contributed by atoms with Crippen LogP contribution in [0.5, 0.6) is 0 Å². The lowest BCUT2D eigenvalue weighted by molar-refractivity contribution is 0.307. The molecular weight excluding hydrogens is 155 g/mol. The highest BCUT2D eigenvalue weighted by molar-refractivity contribution is 5.24. The van der Waals surface area contributed by atoms with Crippen molar-refractivity contribution < 1.29 is 9.13 Å². The second-order valence-corrected chi connectivity index (χ2v) is 1.99. The predicted molar refractivity (Wildman–Crippen MR) is 49.4 cm³/mol. The maximum Gasteiger partial charge on any atom is 0.118 e. The van der Waals surface area contributed by atoms with E-state index >= 15 is 0 Å². The summed E-state index contributed by atoms with van der Waals surface area (Å²) < 4.78 is 17.3. The molecule has 0 aromatic heterocycles. The van der Waals surface area contributed by atoms with Gasteiger partial charge in [0, 0.05) is 6.42 Å². The summed E-state index contributed by atoms with van der Waals surface area (Å²) in [5.41, 5.74) is 0. The molecule has 0 amide bonds. The largest absolute Gasteiger partial charge is 0.497 e. The molecule has 0 spiro atoms. The van der Waals surface area contributed by atoms with Gasteiger partial charge >= 0.3 is 0 Å². The van der Waals surface area contributed by atoms with Crippen LogP contribution in [0.25, 0.3) is 0 Å². The predicted octanol–water partition coefficient (Wildman–Crippen LogP) is 3.36. The fourth-order valence-electron chi connectivity index (χ4n) is 0.720. The molecule has 0 fully saturated rings. The smallest absolute Gasteiger partial charge is 0.118 e. The highest BCUT2D eigenvalue weighted by atomic mass is 19.1. The van der Waals surface area contributed by atoms with Crippen LogP contribution < -0.4 is 0 Å². The van der Waals surface area contributed by atoms with Crippen molar-refractivity contribution in [2.45, 2.75) is 20.3 Å². The van der Waals surface area contributed by atoms with E-state index in [2.05, 4.69) is 0 Å². The van der Waals surface area contributed by atoms with Crippen molar-refractivity contribution in [3.63, 3.8) is 0 Å². The second kappa shape index (κ2) is 6.65. The highest BCUT2D eigenvalue weighted by Gasteiger charge is 1.95. The van der Waals surface area contributed by atoms with Crippen LogP contribution in [0.15, 0.2) is 35.9 Å². The second-order valence-electron chi connectivity index (χ2n) is 1.99. The fourth-order valence-corrected chi connectivity index (χ4v) is 0.720. The molecule has 0 saturated carbocycles. The lowest BCUT2D eigenvalue weighted by Crippen LogP contribution is -1.77. The molecule has 12 heavy (non-hydrogen) atoms. The topological polar surface area (TPSA) is 9.23 Å². The van der Waals surface area contributed by atoms with Gasteiger partial charge in [0.05, 0.1) is 7.11 Å². The molecule has 0 radical (unpaired) electrons. The van der Waals surface area contributed by atoms with Gasteiger partial charge in [0.1, 0.15) is 11.6 Å². The van der Waals surface area contributed by atoms with Crippen molar-refractivity contribution in [2.24, 2.45) is 0 Å². The Labute approximate surface area is 73.2 Å². The molecule has 0 aromatic carbocycles. The summed E-state index contributed by atoms with van der Waals surface area (Å²) in [5, 5.41) is 0. The van der Waals surface area contributed by atoms with Crippen molar-refractivity contribution in [3.8, 4) is 0 Å². The van der Waals surface area contributed by atoms with E-state index in [9.17, 15) is 4.39 Å². The summed E-state index contributed by atoms with van der Waals surface area (Å²) >= 11 is 0. The van der Waals surface area contributed by atoms with Gasteiger partial charge in [-0.1, -0.05) is 19.9 Å². The highest BCUT2D eigenvalue weighted by Crippen LogP contribution is 2.11. The molecule has 0 unspecified atom stereocenters. The van der Waals surface area contributed by atoms with Crippen LogP contribution >= 0.6 is 0 Å². The monoisotopic (exact) mass is 170 g/mol. The Balaban J connectivity index is 0.000000561. The Morgan fingerprint density at radius 2 is 2.00 bits per heavy atom. The summed E-state index contributed by atoms with van der Waals surface area (Å²) in [4.78, 5) is 0. The van der Waals surface area contributed by atoms with E-state index in [-0.39, 0.29) is 5.83 Å². The van der Waals surface area contributed by atoms with Gasteiger partial charge in [-0.05, 0) is 18.2 Å². The third kappa shape index (κ3) is 3.96. The van der Waals surface area contributed by atoms with Crippen molar-refractivity contribution in [2.75, 3.05) is 7.11 Å². The Bertz CT molecular complexity index is 202. The normalized spacial score (nSPS) is 15.0. The van der Waals surface area contributed by atoms with Gasteiger partial charge in [-0.25, -0.2) is 4.39 Å². The van der Waals surface area contributed by atoms with Crippen molar-refractivity contribution in [3.05, 3.63) is 35.9 Å². The lowest BCUT2D eigenvalue weighted by Gasteiger charge is -1.94. The molecule has 0 saturated heterocycles. The van der Waals surface area contributed by atoms with Crippen LogP contribution in [0.3, 0.4) is 0 Å². The molecule has 0 bridgehead atoms. The number of allylic oxidation sites excluding steroid dienone is 5. The number of halogens is 1. The van der Waals surface area contributed by atoms with E-state index in [0.29, 0.717) is 12.2 Å². The molecule has 2 heteroatoms. The van der Waals surface area contributed by atoms with Gasteiger partial charge in [0.2, 0.25) is 0 Å². The van der Waals surface area contributed by atoms with E-state index in [4.69, 9.17) is 4.74 Å². The number of hydrogen-bond donors (Lipinski definition) is 0. The van der Waals surface area contributed by atoms with E-state index in [1.54, 1.807) is 25.3 Å². The number of rotatable bonds is 1. The minimum atomic E-state index is -0.136. The summed E-state index contributed by atoms with van der Waals surface area (Å²) in [7, 11) is 1.56. The lowest BCUT2D eigenvalue weighted by atomic mass is 10.3. The van der Waals surface area contributed by atoms with E-state index in [0.717, 1.165) is 0 Å². The van der Waals surface area contributed by atoms with Crippen molar-refractivity contribution in [1.82, 2.24) is 0 Å². The first kappa shape index (κ1) is 11.0. The minimum absolute atomic E-state index is 0.136. The molecule has 0 aliphatic heterocycles. The van der Waals surface area contributed by atoms with Gasteiger partial charge in [0.25, 0.3) is 0 Å². The van der Waals surface area contributed by atoms with E-state index in [1.165, 1.54) is 6.08 Å². The maximum atomic E-state index is 12.5. The molecule has 1 rings (SSSR count). The molecule has 1 nitrogen and oxygen atoms in total. The molecule has 1 aliphatic rings. The first-order valence-electron chi connectivity index (χ1n) is 4.10. The molecule has 0 N–H and O–H groups in total. The zero-order valence-electron chi connectivity index (χ0n) is 7.80. The Morgan fingerprint density at radius 1 is 1.33 bits per heavy atom. The Kier molecular flexibility index (Phi) is 6.07. The number of methoxy groups -OCH3 is 1. The van der Waals surface area contributed by atoms with Gasteiger partial charge < -0.3 is 4.74 Å². The number of hydrogen-bond acceptors (Lipinski definition) is 1. The zero-order valence-corrected chi connectivity index (χ0v) is 7.80. The van der Waals surface area contributed by atoms with E-state index < -0.39 is 0 Å². The van der Waals surface area contributed by atoms with Gasteiger partial charge in [-0.3, -0.25) is 0 Å². The molecule has 0 heterocycles. The average Bonchev–Trinajstić information content (AvgIpc) is 2.33. The van der Waals surface area contributed by atoms with Crippen molar-refractivity contribution >= 4 is 0 Å². The van der Waals surface area contributed by atoms with Crippen LogP contribution in [-0.2, 0) is 4.74 Å². The fraction of sp³-hybridized carbons (Fsp3) is 0.400. The van der Waals surface area contributed by atoms with Crippen LogP contribution in [0, 0.1) is 0 Å². The van der Waals surface area contributed by atoms with Gasteiger partial charge in [-0.2, -0.15) is 0 Å². The van der Waals surface area contributed by atoms with E-state index in [1.807, 2.05) is 13.8 Å². The van der Waals surface area contributed by atoms with Crippen LogP contribution in [0.1, 0.15) is 20.3 Å². The zero-order chi connectivity index (χ0) is 9.40. The molecule has 68 valence electrons. The first-order chi connectivity index (χ1) is 5.83. The van der Waals surface area contributed by atoms with Crippen LogP contribution in [0.2, 0.25) is 0 Å². The van der Waals surface area contributed by atoms with Crippen molar-refractivity contribution in [1.29, 1.82) is 0 Å². The third-order valence-electron chi connectivity index (χ3n) is 1.26. The van der Waals surface area contributed by atoms with Gasteiger partial charge in [-0.15, -0.1) is 0 Å². The molecule has 0 aromatic rings. The quantitative estimate of drug-likeness (QED) is 0.586. The summed E-state index contributed by atoms with van der Waals surface area (Å²) in [6.45, 7) is 4.00. The Morgan fingerprint density at radius 3 is 2.58 bits per heavy atom. The summed E-state index contributed by atoms with van der Waals surface area (Å²) in [6.07, 6.45) is 6.87. The van der Waals surface area contributed by atoms with Crippen LogP contribution in [-0.4, -0.2) is 7.11 Å². The average molecular weight is 170 g/mol.